The molecular weight excluding hydrogens is 232 g/mol. The van der Waals surface area contributed by atoms with Crippen LogP contribution in [0.15, 0.2) is 0 Å². The standard InChI is InChI=1S/C11H20N6O/c1-16(7-8-17-5-3-4-6-17)10-13-9(12)14-11(15-10)18-2/h3-8H2,1-2H3,(H2,12,13,14,15). The van der Waals surface area contributed by atoms with E-state index in [4.69, 9.17) is 10.5 Å². The van der Waals surface area contributed by atoms with Crippen LogP contribution in [-0.2, 0) is 0 Å². The molecule has 0 amide bonds. The molecule has 0 bridgehead atoms. The number of hydrogen-bond acceptors (Lipinski definition) is 7. The molecule has 7 heteroatoms. The Hall–Kier alpha value is -1.63. The van der Waals surface area contributed by atoms with Crippen LogP contribution in [0.1, 0.15) is 12.8 Å². The van der Waals surface area contributed by atoms with Crippen LogP contribution in [0.5, 0.6) is 6.01 Å². The minimum atomic E-state index is 0.185. The minimum Gasteiger partial charge on any atom is -0.467 e. The van der Waals surface area contributed by atoms with Gasteiger partial charge in [0.15, 0.2) is 0 Å². The number of likely N-dealkylation sites (N-methyl/N-ethyl adjacent to an activating group) is 1. The number of nitrogens with zero attached hydrogens (tertiary/aromatic N) is 5. The fourth-order valence-electron chi connectivity index (χ4n) is 2.02. The molecule has 18 heavy (non-hydrogen) atoms. The third kappa shape index (κ3) is 3.19. The first-order valence-corrected chi connectivity index (χ1v) is 6.18. The summed E-state index contributed by atoms with van der Waals surface area (Å²) < 4.78 is 4.98. The molecule has 0 aromatic carbocycles. The van der Waals surface area contributed by atoms with Crippen molar-refractivity contribution >= 4 is 11.9 Å². The van der Waals surface area contributed by atoms with E-state index in [1.165, 1.54) is 33.0 Å². The van der Waals surface area contributed by atoms with Crippen molar-refractivity contribution in [3.8, 4) is 6.01 Å². The first-order valence-electron chi connectivity index (χ1n) is 6.18. The van der Waals surface area contributed by atoms with Gasteiger partial charge < -0.3 is 20.3 Å². The van der Waals surface area contributed by atoms with Gasteiger partial charge in [-0.25, -0.2) is 0 Å². The van der Waals surface area contributed by atoms with Crippen molar-refractivity contribution < 1.29 is 4.74 Å². The summed E-state index contributed by atoms with van der Waals surface area (Å²) in [6.07, 6.45) is 2.60. The number of aromatic nitrogens is 3. The van der Waals surface area contributed by atoms with E-state index in [2.05, 4.69) is 19.9 Å². The van der Waals surface area contributed by atoms with Crippen molar-refractivity contribution in [3.05, 3.63) is 0 Å². The number of methoxy groups -OCH3 is 1. The molecule has 1 aromatic heterocycles. The second-order valence-corrected chi connectivity index (χ2v) is 4.45. The third-order valence-corrected chi connectivity index (χ3v) is 3.09. The maximum absolute atomic E-state index is 5.61. The molecule has 100 valence electrons. The van der Waals surface area contributed by atoms with Gasteiger partial charge in [0.1, 0.15) is 0 Å². The molecule has 1 aliphatic rings. The highest BCUT2D eigenvalue weighted by atomic mass is 16.5. The molecule has 0 spiro atoms. The molecule has 1 fully saturated rings. The molecule has 0 saturated carbocycles. The zero-order chi connectivity index (χ0) is 13.0. The summed E-state index contributed by atoms with van der Waals surface area (Å²) in [5.74, 6) is 0.739. The van der Waals surface area contributed by atoms with Gasteiger partial charge in [0, 0.05) is 20.1 Å². The zero-order valence-electron chi connectivity index (χ0n) is 11.0. The Morgan fingerprint density at radius 1 is 1.28 bits per heavy atom. The molecule has 2 N–H and O–H groups in total. The number of nitrogens with two attached hydrogens (primary N) is 1. The van der Waals surface area contributed by atoms with Crippen LogP contribution < -0.4 is 15.4 Å². The zero-order valence-corrected chi connectivity index (χ0v) is 11.0. The Bertz CT molecular complexity index is 393. The first-order chi connectivity index (χ1) is 8.69. The molecule has 0 radical (unpaired) electrons. The van der Waals surface area contributed by atoms with Crippen LogP contribution in [-0.4, -0.2) is 60.2 Å². The number of nitrogen functional groups attached to an aromatic ring is 1. The molecule has 2 rings (SSSR count). The second-order valence-electron chi connectivity index (χ2n) is 4.45. The summed E-state index contributed by atoms with van der Waals surface area (Å²) in [5.41, 5.74) is 5.61. The number of rotatable bonds is 5. The highest BCUT2D eigenvalue weighted by molar-refractivity contribution is 5.34. The SMILES string of the molecule is COc1nc(N)nc(N(C)CCN2CCCC2)n1. The average molecular weight is 252 g/mol. The van der Waals surface area contributed by atoms with E-state index in [1.54, 1.807) is 0 Å². The fourth-order valence-corrected chi connectivity index (χ4v) is 2.02. The lowest BCUT2D eigenvalue weighted by atomic mass is 10.4. The highest BCUT2D eigenvalue weighted by Gasteiger charge is 2.14. The predicted molar refractivity (Wildman–Crippen MR) is 69.7 cm³/mol. The lowest BCUT2D eigenvalue weighted by Crippen LogP contribution is -2.32. The fraction of sp³-hybridized carbons (Fsp3) is 0.727. The summed E-state index contributed by atoms with van der Waals surface area (Å²) in [7, 11) is 3.47. The van der Waals surface area contributed by atoms with Gasteiger partial charge in [0.2, 0.25) is 11.9 Å². The van der Waals surface area contributed by atoms with Gasteiger partial charge in [-0.2, -0.15) is 15.0 Å². The molecule has 1 aromatic rings. The molecule has 7 nitrogen and oxygen atoms in total. The maximum Gasteiger partial charge on any atom is 0.322 e. The van der Waals surface area contributed by atoms with Gasteiger partial charge in [0.05, 0.1) is 7.11 Å². The molecule has 0 atom stereocenters. The van der Waals surface area contributed by atoms with Crippen LogP contribution in [0.3, 0.4) is 0 Å². The third-order valence-electron chi connectivity index (χ3n) is 3.09. The smallest absolute Gasteiger partial charge is 0.322 e. The van der Waals surface area contributed by atoms with Gasteiger partial charge >= 0.3 is 6.01 Å². The molecule has 1 aliphatic heterocycles. The topological polar surface area (TPSA) is 80.4 Å². The van der Waals surface area contributed by atoms with Crippen molar-refractivity contribution in [1.82, 2.24) is 19.9 Å². The molecule has 2 heterocycles. The van der Waals surface area contributed by atoms with Crippen LogP contribution in [0.25, 0.3) is 0 Å². The van der Waals surface area contributed by atoms with Crippen LogP contribution in [0.2, 0.25) is 0 Å². The summed E-state index contributed by atoms with van der Waals surface area (Å²) >= 11 is 0. The number of ether oxygens (including phenoxy) is 1. The maximum atomic E-state index is 5.61. The summed E-state index contributed by atoms with van der Waals surface area (Å²) in [6.45, 7) is 4.27. The normalized spacial score (nSPS) is 15.9. The first kappa shape index (κ1) is 12.8. The highest BCUT2D eigenvalue weighted by Crippen LogP contribution is 2.12. The van der Waals surface area contributed by atoms with Crippen molar-refractivity contribution in [2.75, 3.05) is 51.0 Å². The van der Waals surface area contributed by atoms with E-state index in [0.717, 1.165) is 13.1 Å². The molecular formula is C11H20N6O. The average Bonchev–Trinajstić information content (AvgIpc) is 2.88. The minimum absolute atomic E-state index is 0.185. The number of hydrogen-bond donors (Lipinski definition) is 1. The summed E-state index contributed by atoms with van der Waals surface area (Å²) in [6, 6.07) is 0.255. The predicted octanol–water partition coefficient (Wildman–Crippen LogP) is -0.00560. The Balaban J connectivity index is 1.94. The van der Waals surface area contributed by atoms with E-state index in [-0.39, 0.29) is 12.0 Å². The number of likely N-dealkylation sites (tertiary alicyclic amines) is 1. The molecule has 0 unspecified atom stereocenters. The van der Waals surface area contributed by atoms with E-state index >= 15 is 0 Å². The van der Waals surface area contributed by atoms with Gasteiger partial charge in [-0.3, -0.25) is 0 Å². The van der Waals surface area contributed by atoms with Gasteiger partial charge in [-0.1, -0.05) is 0 Å². The van der Waals surface area contributed by atoms with Crippen LogP contribution >= 0.6 is 0 Å². The Morgan fingerprint density at radius 2 is 2.00 bits per heavy atom. The Kier molecular flexibility index (Phi) is 4.14. The van der Waals surface area contributed by atoms with Crippen molar-refractivity contribution in [2.24, 2.45) is 0 Å². The van der Waals surface area contributed by atoms with E-state index in [9.17, 15) is 0 Å². The van der Waals surface area contributed by atoms with E-state index in [1.807, 2.05) is 11.9 Å². The molecule has 1 saturated heterocycles. The number of anilines is 2. The van der Waals surface area contributed by atoms with E-state index in [0.29, 0.717) is 5.95 Å². The quantitative estimate of drug-likeness (QED) is 0.789. The van der Waals surface area contributed by atoms with Crippen LogP contribution in [0, 0.1) is 0 Å². The molecule has 0 aliphatic carbocycles. The van der Waals surface area contributed by atoms with E-state index < -0.39 is 0 Å². The Labute approximate surface area is 107 Å². The van der Waals surface area contributed by atoms with Crippen molar-refractivity contribution in [1.29, 1.82) is 0 Å². The lowest BCUT2D eigenvalue weighted by molar-refractivity contribution is 0.345. The summed E-state index contributed by atoms with van der Waals surface area (Å²) in [5, 5.41) is 0. The second kappa shape index (κ2) is 5.81. The van der Waals surface area contributed by atoms with Gasteiger partial charge in [-0.05, 0) is 25.9 Å². The van der Waals surface area contributed by atoms with Crippen molar-refractivity contribution in [3.63, 3.8) is 0 Å². The largest absolute Gasteiger partial charge is 0.467 e. The van der Waals surface area contributed by atoms with Crippen molar-refractivity contribution in [2.45, 2.75) is 12.8 Å². The van der Waals surface area contributed by atoms with Crippen LogP contribution in [0.4, 0.5) is 11.9 Å². The Morgan fingerprint density at radius 3 is 2.67 bits per heavy atom. The van der Waals surface area contributed by atoms with Gasteiger partial charge in [-0.15, -0.1) is 0 Å². The summed E-state index contributed by atoms with van der Waals surface area (Å²) in [4.78, 5) is 16.6. The monoisotopic (exact) mass is 252 g/mol. The van der Waals surface area contributed by atoms with Gasteiger partial charge in [0.25, 0.3) is 0 Å². The lowest BCUT2D eigenvalue weighted by Gasteiger charge is -2.21.